The summed E-state index contributed by atoms with van der Waals surface area (Å²) < 4.78 is 4.78. The van der Waals surface area contributed by atoms with Crippen molar-refractivity contribution in [2.75, 3.05) is 13.4 Å². The van der Waals surface area contributed by atoms with Gasteiger partial charge in [-0.05, 0) is 43.2 Å². The van der Waals surface area contributed by atoms with Crippen molar-refractivity contribution in [2.45, 2.75) is 49.1 Å². The summed E-state index contributed by atoms with van der Waals surface area (Å²) >= 11 is 1.65. The van der Waals surface area contributed by atoms with Gasteiger partial charge in [0.15, 0.2) is 0 Å². The lowest BCUT2D eigenvalue weighted by Crippen LogP contribution is -2.39. The molecule has 3 N–H and O–H groups in total. The average molecular weight is 387 g/mol. The number of benzene rings is 1. The molecule has 0 saturated heterocycles. The zero-order valence-corrected chi connectivity index (χ0v) is 16.3. The molecule has 0 spiro atoms. The number of thioether (sulfide) groups is 1. The SMILES string of the molecule is COC(=O)CC(NC(=O)C1CCCC(N)C1)c1ccc(SC)cc1.Cl. The Morgan fingerprint density at radius 3 is 2.56 bits per heavy atom. The van der Waals surface area contributed by atoms with Crippen LogP contribution < -0.4 is 11.1 Å². The number of methoxy groups -OCH3 is 1. The highest BCUT2D eigenvalue weighted by Crippen LogP contribution is 2.26. The molecule has 1 aromatic rings. The Kier molecular flexibility index (Phi) is 9.32. The number of carbonyl (C=O) groups is 2. The second-order valence-electron chi connectivity index (χ2n) is 6.24. The molecular weight excluding hydrogens is 360 g/mol. The van der Waals surface area contributed by atoms with Crippen LogP contribution >= 0.6 is 24.2 Å². The van der Waals surface area contributed by atoms with Gasteiger partial charge in [-0.3, -0.25) is 9.59 Å². The summed E-state index contributed by atoms with van der Waals surface area (Å²) in [5.74, 6) is -0.429. The topological polar surface area (TPSA) is 81.4 Å². The second kappa shape index (κ2) is 10.7. The van der Waals surface area contributed by atoms with Gasteiger partial charge in [0, 0.05) is 16.9 Å². The van der Waals surface area contributed by atoms with Crippen LogP contribution in [0.4, 0.5) is 0 Å². The van der Waals surface area contributed by atoms with Crippen LogP contribution in [0, 0.1) is 5.92 Å². The summed E-state index contributed by atoms with van der Waals surface area (Å²) in [5.41, 5.74) is 6.89. The van der Waals surface area contributed by atoms with Crippen molar-refractivity contribution in [2.24, 2.45) is 11.7 Å². The van der Waals surface area contributed by atoms with Crippen LogP contribution in [-0.2, 0) is 14.3 Å². The Balaban J connectivity index is 0.00000312. The van der Waals surface area contributed by atoms with E-state index < -0.39 is 0 Å². The molecule has 0 heterocycles. The summed E-state index contributed by atoms with van der Waals surface area (Å²) in [7, 11) is 1.36. The molecule has 140 valence electrons. The van der Waals surface area contributed by atoms with Crippen molar-refractivity contribution in [1.29, 1.82) is 0 Å². The Labute approximate surface area is 159 Å². The van der Waals surface area contributed by atoms with Crippen LogP contribution in [0.5, 0.6) is 0 Å². The van der Waals surface area contributed by atoms with Crippen LogP contribution in [0.2, 0.25) is 0 Å². The number of hydrogen-bond donors (Lipinski definition) is 2. The van der Waals surface area contributed by atoms with Crippen LogP contribution in [0.15, 0.2) is 29.2 Å². The lowest BCUT2D eigenvalue weighted by atomic mass is 9.85. The Morgan fingerprint density at radius 1 is 1.32 bits per heavy atom. The van der Waals surface area contributed by atoms with Gasteiger partial charge in [0.1, 0.15) is 0 Å². The minimum atomic E-state index is -0.376. The molecule has 0 bridgehead atoms. The summed E-state index contributed by atoms with van der Waals surface area (Å²) in [6.45, 7) is 0. The van der Waals surface area contributed by atoms with E-state index in [-0.39, 0.29) is 48.7 Å². The van der Waals surface area contributed by atoms with Crippen molar-refractivity contribution in [3.8, 4) is 0 Å². The van der Waals surface area contributed by atoms with Gasteiger partial charge in [0.25, 0.3) is 0 Å². The van der Waals surface area contributed by atoms with Gasteiger partial charge < -0.3 is 15.8 Å². The third-order valence-corrected chi connectivity index (χ3v) is 5.26. The molecule has 0 radical (unpaired) electrons. The number of amides is 1. The van der Waals surface area contributed by atoms with Gasteiger partial charge in [-0.2, -0.15) is 0 Å². The third-order valence-electron chi connectivity index (χ3n) is 4.52. The first-order valence-corrected chi connectivity index (χ1v) is 9.52. The van der Waals surface area contributed by atoms with E-state index in [4.69, 9.17) is 10.5 Å². The average Bonchev–Trinajstić information content (AvgIpc) is 2.61. The Bertz CT molecular complexity index is 568. The molecule has 25 heavy (non-hydrogen) atoms. The van der Waals surface area contributed by atoms with Crippen molar-refractivity contribution < 1.29 is 14.3 Å². The minimum absolute atomic E-state index is 0. The quantitative estimate of drug-likeness (QED) is 0.580. The standard InChI is InChI=1S/C18H26N2O3S.ClH/c1-23-17(21)11-16(12-6-8-15(24-2)9-7-12)20-18(22)13-4-3-5-14(19)10-13;/h6-9,13-14,16H,3-5,10-11,19H2,1-2H3,(H,20,22);1H. The number of hydrogen-bond acceptors (Lipinski definition) is 5. The third kappa shape index (κ3) is 6.53. The zero-order chi connectivity index (χ0) is 17.5. The molecule has 0 aromatic heterocycles. The van der Waals surface area contributed by atoms with E-state index in [1.54, 1.807) is 11.8 Å². The second-order valence-corrected chi connectivity index (χ2v) is 7.12. The monoisotopic (exact) mass is 386 g/mol. The lowest BCUT2D eigenvalue weighted by Gasteiger charge is -2.28. The number of halogens is 1. The molecule has 5 nitrogen and oxygen atoms in total. The fourth-order valence-corrected chi connectivity index (χ4v) is 3.50. The van der Waals surface area contributed by atoms with E-state index in [0.29, 0.717) is 6.42 Å². The van der Waals surface area contributed by atoms with E-state index in [2.05, 4.69) is 5.32 Å². The van der Waals surface area contributed by atoms with Crippen molar-refractivity contribution in [1.82, 2.24) is 5.32 Å². The maximum Gasteiger partial charge on any atom is 0.307 e. The number of carbonyl (C=O) groups excluding carboxylic acids is 2. The number of ether oxygens (including phenoxy) is 1. The fraction of sp³-hybridized carbons (Fsp3) is 0.556. The molecule has 1 aromatic carbocycles. The molecule has 1 amide bonds. The molecule has 1 aliphatic carbocycles. The van der Waals surface area contributed by atoms with Gasteiger partial charge in [-0.1, -0.05) is 18.6 Å². The molecular formula is C18H27ClN2O3S. The molecule has 3 unspecified atom stereocenters. The predicted molar refractivity (Wildman–Crippen MR) is 103 cm³/mol. The zero-order valence-electron chi connectivity index (χ0n) is 14.7. The van der Waals surface area contributed by atoms with Gasteiger partial charge in [-0.15, -0.1) is 24.2 Å². The molecule has 1 saturated carbocycles. The lowest BCUT2D eigenvalue weighted by molar-refractivity contribution is -0.141. The molecule has 2 rings (SSSR count). The largest absolute Gasteiger partial charge is 0.469 e. The molecule has 1 aliphatic rings. The van der Waals surface area contributed by atoms with Crippen molar-refractivity contribution in [3.05, 3.63) is 29.8 Å². The van der Waals surface area contributed by atoms with Crippen molar-refractivity contribution in [3.63, 3.8) is 0 Å². The van der Waals surface area contributed by atoms with Crippen LogP contribution in [0.1, 0.15) is 43.7 Å². The van der Waals surface area contributed by atoms with E-state index in [0.717, 1.165) is 29.7 Å². The normalized spacial score (nSPS) is 20.9. The van der Waals surface area contributed by atoms with Crippen LogP contribution in [0.25, 0.3) is 0 Å². The Morgan fingerprint density at radius 2 is 2.00 bits per heavy atom. The number of nitrogens with one attached hydrogen (secondary N) is 1. The Hall–Kier alpha value is -1.24. The van der Waals surface area contributed by atoms with Crippen LogP contribution in [-0.4, -0.2) is 31.3 Å². The van der Waals surface area contributed by atoms with E-state index in [1.165, 1.54) is 7.11 Å². The first kappa shape index (κ1) is 21.8. The van der Waals surface area contributed by atoms with E-state index >= 15 is 0 Å². The first-order chi connectivity index (χ1) is 11.5. The highest BCUT2D eigenvalue weighted by molar-refractivity contribution is 7.98. The highest BCUT2D eigenvalue weighted by atomic mass is 35.5. The van der Waals surface area contributed by atoms with Gasteiger partial charge >= 0.3 is 5.97 Å². The molecule has 1 fully saturated rings. The van der Waals surface area contributed by atoms with E-state index in [9.17, 15) is 9.59 Å². The van der Waals surface area contributed by atoms with Gasteiger partial charge in [-0.25, -0.2) is 0 Å². The molecule has 3 atom stereocenters. The number of rotatable bonds is 6. The number of esters is 1. The summed E-state index contributed by atoms with van der Waals surface area (Å²) in [5, 5.41) is 3.02. The highest BCUT2D eigenvalue weighted by Gasteiger charge is 2.28. The minimum Gasteiger partial charge on any atom is -0.469 e. The number of nitrogens with two attached hydrogens (primary N) is 1. The summed E-state index contributed by atoms with van der Waals surface area (Å²) in [6.07, 6.45) is 5.65. The van der Waals surface area contributed by atoms with Crippen molar-refractivity contribution >= 4 is 36.0 Å². The first-order valence-electron chi connectivity index (χ1n) is 8.30. The van der Waals surface area contributed by atoms with Gasteiger partial charge in [0.05, 0.1) is 19.6 Å². The predicted octanol–water partition coefficient (Wildman–Crippen LogP) is 3.07. The summed E-state index contributed by atoms with van der Waals surface area (Å²) in [6, 6.07) is 7.60. The van der Waals surface area contributed by atoms with Gasteiger partial charge in [0.2, 0.25) is 5.91 Å². The van der Waals surface area contributed by atoms with Crippen LogP contribution in [0.3, 0.4) is 0 Å². The molecule has 0 aliphatic heterocycles. The van der Waals surface area contributed by atoms with E-state index in [1.807, 2.05) is 30.5 Å². The fourth-order valence-electron chi connectivity index (χ4n) is 3.09. The maximum absolute atomic E-state index is 12.6. The smallest absolute Gasteiger partial charge is 0.307 e. The summed E-state index contributed by atoms with van der Waals surface area (Å²) in [4.78, 5) is 25.5. The maximum atomic E-state index is 12.6. The molecule has 7 heteroatoms.